The molecule has 0 unspecified atom stereocenters. The van der Waals surface area contributed by atoms with Crippen LogP contribution in [0.25, 0.3) is 145 Å². The van der Waals surface area contributed by atoms with E-state index in [1.807, 2.05) is 153 Å². The standard InChI is InChI=1S/C41H34BN3O2.C41H28N4.C6H6BrN/c1-40(2)41(3,4)47-42(46-40)32-24-30(36-26-29-19-11-12-20-33(29)34-21-13-14-22-35(34)36)23-31(25-32)39-44-37(27-15-7-5-8-16-27)43-38(45-39)28-17-9-6-10-18-28;1-27-34(21-12-22-42-27)31-23-32(38-26-30-17-8-9-18-35(30)36-19-10-11-20-37(36)38)25-33(24-31)41-44-39(28-13-4-2-5-14-28)43-40(45-41)29-15-6-3-7-16-29;1-5-6(7)3-2-4-8-5/h5-26H,1-4H3;2-26H,1H3;2-4H,1H3. The lowest BCUT2D eigenvalue weighted by atomic mass is 9.76. The summed E-state index contributed by atoms with van der Waals surface area (Å²) < 4.78 is 14.3. The van der Waals surface area contributed by atoms with Crippen molar-refractivity contribution in [1.82, 2.24) is 39.9 Å². The van der Waals surface area contributed by atoms with Crippen LogP contribution in [-0.2, 0) is 9.31 Å². The van der Waals surface area contributed by atoms with Crippen LogP contribution in [0, 0.1) is 13.8 Å². The maximum Gasteiger partial charge on any atom is 0.494 e. The molecule has 17 rings (SSSR count). The van der Waals surface area contributed by atoms with Crippen molar-refractivity contribution in [1.29, 1.82) is 0 Å². The Hall–Kier alpha value is -11.5. The molecule has 12 aromatic carbocycles. The number of pyridine rings is 2. The highest BCUT2D eigenvalue weighted by molar-refractivity contribution is 9.10. The van der Waals surface area contributed by atoms with Crippen LogP contribution in [0.4, 0.5) is 0 Å². The molecular formula is C88H68BBrN8O2. The van der Waals surface area contributed by atoms with Crippen molar-refractivity contribution in [2.45, 2.75) is 52.7 Å². The second-order valence-corrected chi connectivity index (χ2v) is 26.8. The summed E-state index contributed by atoms with van der Waals surface area (Å²) in [5.74, 6) is 3.72. The molecule has 1 aliphatic heterocycles. The number of aromatic nitrogens is 8. The Labute approximate surface area is 590 Å². The fourth-order valence-corrected chi connectivity index (χ4v) is 13.1. The van der Waals surface area contributed by atoms with Gasteiger partial charge in [-0.2, -0.15) is 0 Å². The van der Waals surface area contributed by atoms with E-state index in [1.54, 1.807) is 6.20 Å². The Morgan fingerprint density at radius 2 is 0.590 bits per heavy atom. The quantitative estimate of drug-likeness (QED) is 0.0966. The van der Waals surface area contributed by atoms with Crippen molar-refractivity contribution >= 4 is 71.6 Å². The summed E-state index contributed by atoms with van der Waals surface area (Å²) >= 11 is 3.33. The molecule has 1 saturated heterocycles. The first-order valence-electron chi connectivity index (χ1n) is 33.5. The van der Waals surface area contributed by atoms with Crippen LogP contribution in [0.3, 0.4) is 0 Å². The summed E-state index contributed by atoms with van der Waals surface area (Å²) in [6.45, 7) is 12.3. The number of rotatable bonds is 10. The van der Waals surface area contributed by atoms with Crippen molar-refractivity contribution < 1.29 is 9.31 Å². The lowest BCUT2D eigenvalue weighted by Crippen LogP contribution is -2.41. The largest absolute Gasteiger partial charge is 0.494 e. The van der Waals surface area contributed by atoms with Gasteiger partial charge in [-0.3, -0.25) is 9.97 Å². The van der Waals surface area contributed by atoms with Crippen LogP contribution >= 0.6 is 15.9 Å². The van der Waals surface area contributed by atoms with Crippen LogP contribution < -0.4 is 5.46 Å². The van der Waals surface area contributed by atoms with Gasteiger partial charge in [0.05, 0.1) is 16.9 Å². The second-order valence-electron chi connectivity index (χ2n) is 25.9. The number of hydrogen-bond acceptors (Lipinski definition) is 10. The fraction of sp³-hybridized carbons (Fsp3) is 0.0909. The van der Waals surface area contributed by atoms with Crippen molar-refractivity contribution in [2.75, 3.05) is 0 Å². The number of aryl methyl sites for hydroxylation is 2. The van der Waals surface area contributed by atoms with Crippen LogP contribution in [-0.4, -0.2) is 58.2 Å². The summed E-state index contributed by atoms with van der Waals surface area (Å²) in [5, 5.41) is 9.67. The zero-order chi connectivity index (χ0) is 68.3. The van der Waals surface area contributed by atoms with E-state index in [9.17, 15) is 0 Å². The van der Waals surface area contributed by atoms with Gasteiger partial charge >= 0.3 is 7.12 Å². The van der Waals surface area contributed by atoms with Gasteiger partial charge in [0.2, 0.25) is 0 Å². The summed E-state index contributed by atoms with van der Waals surface area (Å²) in [7, 11) is -0.561. The predicted molar refractivity (Wildman–Crippen MR) is 414 cm³/mol. The normalized spacial score (nSPS) is 13.0. The molecule has 16 aromatic rings. The summed E-state index contributed by atoms with van der Waals surface area (Å²) in [5.41, 5.74) is 14.0. The molecule has 0 N–H and O–H groups in total. The van der Waals surface area contributed by atoms with Crippen molar-refractivity contribution in [3.63, 3.8) is 0 Å². The van der Waals surface area contributed by atoms with Crippen LogP contribution in [0.2, 0.25) is 0 Å². The molecule has 0 bridgehead atoms. The average molecular weight is 1360 g/mol. The number of hydrogen-bond donors (Lipinski definition) is 0. The second kappa shape index (κ2) is 27.8. The van der Waals surface area contributed by atoms with E-state index in [2.05, 4.69) is 212 Å². The maximum absolute atomic E-state index is 6.60. The van der Waals surface area contributed by atoms with Gasteiger partial charge in [-0.05, 0) is 188 Å². The van der Waals surface area contributed by atoms with Crippen molar-refractivity contribution in [3.8, 4) is 102 Å². The third-order valence-electron chi connectivity index (χ3n) is 18.7. The lowest BCUT2D eigenvalue weighted by molar-refractivity contribution is 0.00578. The average Bonchev–Trinajstić information content (AvgIpc) is 1.64. The van der Waals surface area contributed by atoms with E-state index in [-0.39, 0.29) is 0 Å². The summed E-state index contributed by atoms with van der Waals surface area (Å²) in [4.78, 5) is 38.8. The van der Waals surface area contributed by atoms with Gasteiger partial charge in [0, 0.05) is 61.5 Å². The fourth-order valence-electron chi connectivity index (χ4n) is 12.8. The maximum atomic E-state index is 6.60. The highest BCUT2D eigenvalue weighted by Crippen LogP contribution is 2.42. The highest BCUT2D eigenvalue weighted by Gasteiger charge is 2.52. The summed E-state index contributed by atoms with van der Waals surface area (Å²) in [6, 6.07) is 100. The predicted octanol–water partition coefficient (Wildman–Crippen LogP) is 21.5. The Kier molecular flexibility index (Phi) is 17.9. The minimum atomic E-state index is -0.561. The van der Waals surface area contributed by atoms with Crippen LogP contribution in [0.1, 0.15) is 39.1 Å². The molecule has 12 heteroatoms. The first-order valence-corrected chi connectivity index (χ1v) is 34.3. The molecule has 482 valence electrons. The molecule has 0 saturated carbocycles. The molecule has 0 radical (unpaired) electrons. The van der Waals surface area contributed by atoms with E-state index < -0.39 is 18.3 Å². The van der Waals surface area contributed by atoms with Gasteiger partial charge in [-0.1, -0.05) is 237 Å². The Morgan fingerprint density at radius 1 is 0.280 bits per heavy atom. The topological polar surface area (TPSA) is 122 Å². The number of halogens is 1. The zero-order valence-electron chi connectivity index (χ0n) is 56.2. The monoisotopic (exact) mass is 1360 g/mol. The van der Waals surface area contributed by atoms with E-state index >= 15 is 0 Å². The lowest BCUT2D eigenvalue weighted by Gasteiger charge is -2.32. The molecule has 1 fully saturated rings. The molecule has 0 aliphatic carbocycles. The van der Waals surface area contributed by atoms with E-state index in [1.165, 1.54) is 43.1 Å². The Morgan fingerprint density at radius 3 is 0.980 bits per heavy atom. The highest BCUT2D eigenvalue weighted by atomic mass is 79.9. The van der Waals surface area contributed by atoms with E-state index in [0.29, 0.717) is 34.9 Å². The molecule has 0 atom stereocenters. The Bertz CT molecular complexity index is 5530. The minimum Gasteiger partial charge on any atom is -0.399 e. The summed E-state index contributed by atoms with van der Waals surface area (Å²) in [6.07, 6.45) is 3.62. The minimum absolute atomic E-state index is 0.488. The molecule has 0 amide bonds. The zero-order valence-corrected chi connectivity index (χ0v) is 57.8. The Balaban J connectivity index is 0.000000146. The third-order valence-corrected chi connectivity index (χ3v) is 19.6. The first kappa shape index (κ1) is 64.5. The third kappa shape index (κ3) is 13.4. The van der Waals surface area contributed by atoms with Gasteiger partial charge in [0.1, 0.15) is 0 Å². The van der Waals surface area contributed by atoms with Crippen LogP contribution in [0.15, 0.2) is 308 Å². The molecule has 10 nitrogen and oxygen atoms in total. The van der Waals surface area contributed by atoms with Gasteiger partial charge in [-0.25, -0.2) is 29.9 Å². The smallest absolute Gasteiger partial charge is 0.399 e. The molecule has 0 spiro atoms. The van der Waals surface area contributed by atoms with Gasteiger partial charge in [0.25, 0.3) is 0 Å². The molecular weight excluding hydrogens is 1290 g/mol. The van der Waals surface area contributed by atoms with Gasteiger partial charge < -0.3 is 9.31 Å². The van der Waals surface area contributed by atoms with Gasteiger partial charge in [-0.15, -0.1) is 0 Å². The van der Waals surface area contributed by atoms with Crippen molar-refractivity contribution in [3.05, 3.63) is 319 Å². The number of fused-ring (bicyclic) bond motifs is 6. The number of nitrogens with zero attached hydrogens (tertiary/aromatic N) is 8. The molecule has 100 heavy (non-hydrogen) atoms. The van der Waals surface area contributed by atoms with Gasteiger partial charge in [0.15, 0.2) is 34.9 Å². The molecule has 4 aromatic heterocycles. The van der Waals surface area contributed by atoms with E-state index in [4.69, 9.17) is 39.2 Å². The number of benzene rings is 12. The molecule has 1 aliphatic rings. The molecule has 5 heterocycles. The van der Waals surface area contributed by atoms with Crippen molar-refractivity contribution in [2.24, 2.45) is 0 Å². The van der Waals surface area contributed by atoms with E-state index in [0.717, 1.165) is 88.1 Å². The first-order chi connectivity index (χ1) is 48.8. The SMILES string of the molecule is CC1(C)OB(c2cc(-c3nc(-c4ccccc4)nc(-c4ccccc4)n3)cc(-c3cc4ccccc4c4ccccc34)c2)OC1(C)C.Cc1ncccc1-c1cc(-c2nc(-c3ccccc3)nc(-c3ccccc3)n2)cc(-c2cc3ccccc3c3ccccc23)c1.Cc1ncccc1Br. The van der Waals surface area contributed by atoms with Crippen LogP contribution in [0.5, 0.6) is 0 Å².